The summed E-state index contributed by atoms with van der Waals surface area (Å²) in [7, 11) is 3.30. The van der Waals surface area contributed by atoms with Crippen LogP contribution in [0.15, 0.2) is 0 Å². The Morgan fingerprint density at radius 3 is 1.69 bits per heavy atom. The van der Waals surface area contributed by atoms with Gasteiger partial charge in [-0.2, -0.15) is 0 Å². The van der Waals surface area contributed by atoms with Gasteiger partial charge in [0.05, 0.1) is 0 Å². The number of ether oxygens (including phenoxy) is 2. The maximum atomic E-state index is 5.96. The normalized spacial score (nSPS) is 13.8. The van der Waals surface area contributed by atoms with Crippen molar-refractivity contribution in [3.8, 4) is 0 Å². The van der Waals surface area contributed by atoms with Gasteiger partial charge in [-0.3, -0.25) is 0 Å². The van der Waals surface area contributed by atoms with Gasteiger partial charge < -0.3 is 15.2 Å². The van der Waals surface area contributed by atoms with Crippen molar-refractivity contribution < 1.29 is 9.47 Å². The zero-order valence-corrected chi connectivity index (χ0v) is 9.68. The minimum Gasteiger partial charge on any atom is -0.355 e. The molecule has 0 saturated heterocycles. The topological polar surface area (TPSA) is 44.5 Å². The molecule has 0 aromatic carbocycles. The lowest BCUT2D eigenvalue weighted by Crippen LogP contribution is -2.43. The van der Waals surface area contributed by atoms with Crippen LogP contribution >= 0.6 is 0 Å². The van der Waals surface area contributed by atoms with Gasteiger partial charge in [-0.1, -0.05) is 13.8 Å². The fraction of sp³-hybridized carbons (Fsp3) is 1.00. The predicted octanol–water partition coefficient (Wildman–Crippen LogP) is 1.76. The largest absolute Gasteiger partial charge is 0.355 e. The molecule has 0 aliphatic rings. The van der Waals surface area contributed by atoms with Gasteiger partial charge in [0.15, 0.2) is 6.29 Å². The molecule has 0 amide bonds. The second-order valence-corrected chi connectivity index (χ2v) is 4.96. The SMILES string of the molecule is COC(OC)C(C)(C)CC(C)(C)N. The highest BCUT2D eigenvalue weighted by Gasteiger charge is 2.34. The molecule has 3 heteroatoms. The number of nitrogens with two attached hydrogens (primary N) is 1. The third-order valence-electron chi connectivity index (χ3n) is 1.98. The zero-order chi connectivity index (χ0) is 10.7. The van der Waals surface area contributed by atoms with E-state index >= 15 is 0 Å². The first-order valence-corrected chi connectivity index (χ1v) is 4.57. The van der Waals surface area contributed by atoms with Gasteiger partial charge in [-0.25, -0.2) is 0 Å². The van der Waals surface area contributed by atoms with Gasteiger partial charge in [0, 0.05) is 25.2 Å². The summed E-state index contributed by atoms with van der Waals surface area (Å²) in [5.41, 5.74) is 5.69. The van der Waals surface area contributed by atoms with Crippen molar-refractivity contribution in [1.29, 1.82) is 0 Å². The summed E-state index contributed by atoms with van der Waals surface area (Å²) in [6.45, 7) is 8.22. The summed E-state index contributed by atoms with van der Waals surface area (Å²) in [5, 5.41) is 0. The smallest absolute Gasteiger partial charge is 0.161 e. The van der Waals surface area contributed by atoms with E-state index in [9.17, 15) is 0 Å². The molecule has 0 bridgehead atoms. The fourth-order valence-electron chi connectivity index (χ4n) is 1.99. The van der Waals surface area contributed by atoms with Crippen LogP contribution in [0.25, 0.3) is 0 Å². The molecule has 0 aliphatic heterocycles. The molecule has 0 radical (unpaired) electrons. The van der Waals surface area contributed by atoms with Crippen molar-refractivity contribution in [1.82, 2.24) is 0 Å². The molecule has 80 valence electrons. The monoisotopic (exact) mass is 189 g/mol. The Kier molecular flexibility index (Phi) is 4.36. The van der Waals surface area contributed by atoms with E-state index in [1.165, 1.54) is 0 Å². The third kappa shape index (κ3) is 4.60. The van der Waals surface area contributed by atoms with Gasteiger partial charge in [0.25, 0.3) is 0 Å². The highest BCUT2D eigenvalue weighted by Crippen LogP contribution is 2.32. The first-order valence-electron chi connectivity index (χ1n) is 4.57. The molecule has 3 nitrogen and oxygen atoms in total. The van der Waals surface area contributed by atoms with Gasteiger partial charge in [-0.15, -0.1) is 0 Å². The lowest BCUT2D eigenvalue weighted by atomic mass is 9.80. The molecule has 0 rings (SSSR count). The van der Waals surface area contributed by atoms with E-state index in [4.69, 9.17) is 15.2 Å². The summed E-state index contributed by atoms with van der Waals surface area (Å²) in [6.07, 6.45) is 0.655. The molecule has 0 fully saturated rings. The molecule has 0 saturated carbocycles. The highest BCUT2D eigenvalue weighted by molar-refractivity contribution is 4.84. The molecular weight excluding hydrogens is 166 g/mol. The third-order valence-corrected chi connectivity index (χ3v) is 1.98. The Bertz CT molecular complexity index is 145. The summed E-state index contributed by atoms with van der Waals surface area (Å²) in [4.78, 5) is 0. The summed E-state index contributed by atoms with van der Waals surface area (Å²) < 4.78 is 10.5. The van der Waals surface area contributed by atoms with Gasteiger partial charge in [0.2, 0.25) is 0 Å². The number of methoxy groups -OCH3 is 2. The second-order valence-electron chi connectivity index (χ2n) is 4.96. The van der Waals surface area contributed by atoms with Gasteiger partial charge in [0.1, 0.15) is 0 Å². The molecule has 13 heavy (non-hydrogen) atoms. The van der Waals surface area contributed by atoms with E-state index in [1.54, 1.807) is 14.2 Å². The Labute approximate surface area is 81.6 Å². The maximum absolute atomic E-state index is 5.96. The highest BCUT2D eigenvalue weighted by atomic mass is 16.7. The fourth-order valence-corrected chi connectivity index (χ4v) is 1.99. The predicted molar refractivity (Wildman–Crippen MR) is 54.5 cm³/mol. The zero-order valence-electron chi connectivity index (χ0n) is 9.68. The quantitative estimate of drug-likeness (QED) is 0.670. The molecule has 0 atom stereocenters. The van der Waals surface area contributed by atoms with Crippen LogP contribution in [0.3, 0.4) is 0 Å². The average molecular weight is 189 g/mol. The van der Waals surface area contributed by atoms with E-state index in [0.29, 0.717) is 0 Å². The first-order chi connectivity index (χ1) is 5.73. The Hall–Kier alpha value is -0.120. The van der Waals surface area contributed by atoms with Crippen LogP contribution in [0.2, 0.25) is 0 Å². The molecule has 0 aromatic heterocycles. The van der Waals surface area contributed by atoms with Crippen LogP contribution in [0.1, 0.15) is 34.1 Å². The van der Waals surface area contributed by atoms with E-state index < -0.39 is 0 Å². The summed E-state index contributed by atoms with van der Waals surface area (Å²) in [5.74, 6) is 0. The lowest BCUT2D eigenvalue weighted by molar-refractivity contribution is -0.172. The van der Waals surface area contributed by atoms with Crippen LogP contribution in [0.4, 0.5) is 0 Å². The van der Waals surface area contributed by atoms with Crippen molar-refractivity contribution in [2.24, 2.45) is 11.1 Å². The average Bonchev–Trinajstić information content (AvgIpc) is 1.83. The maximum Gasteiger partial charge on any atom is 0.161 e. The standard InChI is InChI=1S/C10H23NO2/c1-9(2,7-10(3,4)11)8(12-5)13-6/h8H,7,11H2,1-6H3. The number of hydrogen-bond acceptors (Lipinski definition) is 3. The van der Waals surface area contributed by atoms with E-state index in [2.05, 4.69) is 13.8 Å². The van der Waals surface area contributed by atoms with Crippen molar-refractivity contribution in [3.05, 3.63) is 0 Å². The van der Waals surface area contributed by atoms with Crippen LogP contribution in [-0.2, 0) is 9.47 Å². The summed E-state index contributed by atoms with van der Waals surface area (Å²) >= 11 is 0. The van der Waals surface area contributed by atoms with Crippen molar-refractivity contribution >= 4 is 0 Å². The van der Waals surface area contributed by atoms with E-state index in [-0.39, 0.29) is 17.2 Å². The van der Waals surface area contributed by atoms with Crippen LogP contribution in [-0.4, -0.2) is 26.0 Å². The minimum atomic E-state index is -0.199. The van der Waals surface area contributed by atoms with E-state index in [0.717, 1.165) is 6.42 Å². The Morgan fingerprint density at radius 1 is 1.08 bits per heavy atom. The van der Waals surface area contributed by atoms with Crippen molar-refractivity contribution in [3.63, 3.8) is 0 Å². The van der Waals surface area contributed by atoms with E-state index in [1.807, 2.05) is 13.8 Å². The molecule has 0 heterocycles. The molecule has 0 aliphatic carbocycles. The van der Waals surface area contributed by atoms with Gasteiger partial charge in [-0.05, 0) is 20.3 Å². The van der Waals surface area contributed by atoms with Gasteiger partial charge >= 0.3 is 0 Å². The Morgan fingerprint density at radius 2 is 1.46 bits per heavy atom. The van der Waals surface area contributed by atoms with Crippen molar-refractivity contribution in [2.45, 2.75) is 45.9 Å². The van der Waals surface area contributed by atoms with Crippen LogP contribution in [0, 0.1) is 5.41 Å². The van der Waals surface area contributed by atoms with Crippen LogP contribution < -0.4 is 5.73 Å². The molecule has 0 aromatic rings. The number of hydrogen-bond donors (Lipinski definition) is 1. The minimum absolute atomic E-state index is 0.0677. The molecule has 0 spiro atoms. The second kappa shape index (κ2) is 4.40. The molecule has 0 unspecified atom stereocenters. The molecular formula is C10H23NO2. The van der Waals surface area contributed by atoms with Crippen molar-refractivity contribution in [2.75, 3.05) is 14.2 Å². The Balaban J connectivity index is 4.36. The lowest BCUT2D eigenvalue weighted by Gasteiger charge is -2.36. The van der Waals surface area contributed by atoms with Crippen LogP contribution in [0.5, 0.6) is 0 Å². The molecule has 2 N–H and O–H groups in total. The first kappa shape index (κ1) is 12.9. The summed E-state index contributed by atoms with van der Waals surface area (Å²) in [6, 6.07) is 0. The number of rotatable bonds is 5.